The molecular formula is C37H49N3O3. The lowest BCUT2D eigenvalue weighted by molar-refractivity contribution is 0.0944. The molecule has 6 nitrogen and oxygen atoms in total. The number of aryl methyl sites for hydroxylation is 3. The third kappa shape index (κ3) is 7.41. The summed E-state index contributed by atoms with van der Waals surface area (Å²) in [6.45, 7) is 20.8. The van der Waals surface area contributed by atoms with Crippen molar-refractivity contribution in [1.29, 1.82) is 0 Å². The van der Waals surface area contributed by atoms with Crippen LogP contribution in [0.5, 0.6) is 5.75 Å². The van der Waals surface area contributed by atoms with Gasteiger partial charge in [-0.25, -0.2) is 4.68 Å². The summed E-state index contributed by atoms with van der Waals surface area (Å²) in [4.78, 5) is 13.4. The zero-order valence-electron chi connectivity index (χ0n) is 27.6. The smallest absolute Gasteiger partial charge is 0.270 e. The molecular weight excluding hydrogens is 534 g/mol. The quantitative estimate of drug-likeness (QED) is 0.159. The van der Waals surface area contributed by atoms with E-state index in [1.807, 2.05) is 38.1 Å². The molecule has 43 heavy (non-hydrogen) atoms. The summed E-state index contributed by atoms with van der Waals surface area (Å²) in [7, 11) is 0. The highest BCUT2D eigenvalue weighted by Crippen LogP contribution is 2.38. The Morgan fingerprint density at radius 1 is 0.907 bits per heavy atom. The molecule has 4 rings (SSSR count). The van der Waals surface area contributed by atoms with E-state index in [0.717, 1.165) is 54.0 Å². The Labute approximate surface area is 257 Å². The predicted octanol–water partition coefficient (Wildman–Crippen LogP) is 9.02. The molecule has 0 aliphatic carbocycles. The molecule has 0 fully saturated rings. The van der Waals surface area contributed by atoms with Crippen LogP contribution in [0.1, 0.15) is 106 Å². The Morgan fingerprint density at radius 3 is 2.30 bits per heavy atom. The summed E-state index contributed by atoms with van der Waals surface area (Å²) in [5, 5.41) is 7.87. The standard InChI is InChI=1S/C37H49N3O3/c1-10-36(6,7)28-16-19-33(29(23-28)37(8,9)11-2)42-21-13-12-20-38-35(41)32-24-30(34-18-15-27(5)43-34)39-40(32)31-17-14-25(3)22-26(31)4/h14-19,22-24H,10-13,20-21H2,1-9H3,(H,38,41). The zero-order valence-corrected chi connectivity index (χ0v) is 27.6. The lowest BCUT2D eigenvalue weighted by Gasteiger charge is -2.30. The fourth-order valence-electron chi connectivity index (χ4n) is 5.16. The number of carbonyl (C=O) groups excluding carboxylic acids is 1. The minimum absolute atomic E-state index is 0.0229. The molecule has 230 valence electrons. The Hall–Kier alpha value is -3.80. The highest BCUT2D eigenvalue weighted by molar-refractivity contribution is 5.94. The fourth-order valence-corrected chi connectivity index (χ4v) is 5.16. The maximum atomic E-state index is 13.4. The van der Waals surface area contributed by atoms with Crippen LogP contribution in [-0.2, 0) is 10.8 Å². The summed E-state index contributed by atoms with van der Waals surface area (Å²) in [5.41, 5.74) is 6.97. The van der Waals surface area contributed by atoms with Crippen molar-refractivity contribution in [2.24, 2.45) is 0 Å². The van der Waals surface area contributed by atoms with Gasteiger partial charge in [-0.2, -0.15) is 5.10 Å². The largest absolute Gasteiger partial charge is 0.493 e. The van der Waals surface area contributed by atoms with E-state index in [0.29, 0.717) is 30.3 Å². The molecule has 0 saturated heterocycles. The van der Waals surface area contributed by atoms with E-state index in [2.05, 4.69) is 78.0 Å². The van der Waals surface area contributed by atoms with E-state index >= 15 is 0 Å². The van der Waals surface area contributed by atoms with Gasteiger partial charge < -0.3 is 14.5 Å². The van der Waals surface area contributed by atoms with Crippen molar-refractivity contribution >= 4 is 5.91 Å². The van der Waals surface area contributed by atoms with Crippen molar-refractivity contribution in [2.75, 3.05) is 13.2 Å². The Bertz CT molecular complexity index is 1560. The molecule has 2 aromatic heterocycles. The fraction of sp³-hybridized carbons (Fsp3) is 0.459. The van der Waals surface area contributed by atoms with E-state index in [-0.39, 0.29) is 16.7 Å². The van der Waals surface area contributed by atoms with E-state index in [9.17, 15) is 4.79 Å². The van der Waals surface area contributed by atoms with Crippen LogP contribution in [0.2, 0.25) is 0 Å². The normalized spacial score (nSPS) is 12.0. The number of hydrogen-bond acceptors (Lipinski definition) is 4. The van der Waals surface area contributed by atoms with Gasteiger partial charge in [0.05, 0.1) is 12.3 Å². The maximum Gasteiger partial charge on any atom is 0.270 e. The average Bonchev–Trinajstić information content (AvgIpc) is 3.61. The second kappa shape index (κ2) is 13.2. The molecule has 2 aromatic carbocycles. The zero-order chi connectivity index (χ0) is 31.4. The second-order valence-corrected chi connectivity index (χ2v) is 13.0. The minimum Gasteiger partial charge on any atom is -0.493 e. The van der Waals surface area contributed by atoms with Crippen LogP contribution >= 0.6 is 0 Å². The van der Waals surface area contributed by atoms with Crippen molar-refractivity contribution in [3.8, 4) is 22.9 Å². The molecule has 6 heteroatoms. The van der Waals surface area contributed by atoms with Gasteiger partial charge in [0, 0.05) is 18.2 Å². The number of amides is 1. The van der Waals surface area contributed by atoms with Crippen molar-refractivity contribution in [1.82, 2.24) is 15.1 Å². The van der Waals surface area contributed by atoms with Gasteiger partial charge >= 0.3 is 0 Å². The number of unbranched alkanes of at least 4 members (excludes halogenated alkanes) is 1. The first-order chi connectivity index (χ1) is 20.4. The van der Waals surface area contributed by atoms with E-state index < -0.39 is 0 Å². The summed E-state index contributed by atoms with van der Waals surface area (Å²) >= 11 is 0. The maximum absolute atomic E-state index is 13.4. The molecule has 0 bridgehead atoms. The van der Waals surface area contributed by atoms with E-state index in [1.165, 1.54) is 11.1 Å². The molecule has 0 aliphatic heterocycles. The van der Waals surface area contributed by atoms with Crippen LogP contribution in [0.3, 0.4) is 0 Å². The Kier molecular flexibility index (Phi) is 9.89. The van der Waals surface area contributed by atoms with Crippen LogP contribution in [0, 0.1) is 20.8 Å². The number of hydrogen-bond donors (Lipinski definition) is 1. The van der Waals surface area contributed by atoms with Crippen LogP contribution < -0.4 is 10.1 Å². The Balaban J connectivity index is 1.41. The van der Waals surface area contributed by atoms with E-state index in [4.69, 9.17) is 14.3 Å². The molecule has 0 saturated carbocycles. The van der Waals surface area contributed by atoms with Crippen LogP contribution in [0.4, 0.5) is 0 Å². The second-order valence-electron chi connectivity index (χ2n) is 13.0. The predicted molar refractivity (Wildman–Crippen MR) is 176 cm³/mol. The highest BCUT2D eigenvalue weighted by Gasteiger charge is 2.26. The molecule has 1 N–H and O–H groups in total. The van der Waals surface area contributed by atoms with Gasteiger partial charge in [0.2, 0.25) is 0 Å². The van der Waals surface area contributed by atoms with Crippen molar-refractivity contribution in [3.63, 3.8) is 0 Å². The summed E-state index contributed by atoms with van der Waals surface area (Å²) < 4.78 is 13.9. The molecule has 0 aliphatic rings. The number of benzene rings is 2. The number of carbonyl (C=O) groups is 1. The van der Waals surface area contributed by atoms with Crippen molar-refractivity contribution < 1.29 is 13.9 Å². The topological polar surface area (TPSA) is 69.3 Å². The number of aromatic nitrogens is 2. The van der Waals surface area contributed by atoms with Gasteiger partial charge in [-0.3, -0.25) is 4.79 Å². The third-order valence-corrected chi connectivity index (χ3v) is 8.89. The average molecular weight is 584 g/mol. The van der Waals surface area contributed by atoms with Crippen molar-refractivity contribution in [3.05, 3.63) is 88.3 Å². The number of nitrogens with one attached hydrogen (secondary N) is 1. The first-order valence-corrected chi connectivity index (χ1v) is 15.7. The van der Waals surface area contributed by atoms with Gasteiger partial charge in [0.15, 0.2) is 5.76 Å². The van der Waals surface area contributed by atoms with Crippen molar-refractivity contribution in [2.45, 2.75) is 98.8 Å². The number of ether oxygens (including phenoxy) is 1. The van der Waals surface area contributed by atoms with Gasteiger partial charge in [-0.05, 0) is 92.7 Å². The van der Waals surface area contributed by atoms with Crippen LogP contribution in [0.15, 0.2) is 59.0 Å². The minimum atomic E-state index is -0.163. The number of furan rings is 1. The van der Waals surface area contributed by atoms with Gasteiger partial charge in [0.25, 0.3) is 5.91 Å². The van der Waals surface area contributed by atoms with Gasteiger partial charge in [0.1, 0.15) is 22.9 Å². The van der Waals surface area contributed by atoms with Crippen LogP contribution in [0.25, 0.3) is 17.1 Å². The molecule has 0 unspecified atom stereocenters. The number of nitrogens with zero attached hydrogens (tertiary/aromatic N) is 2. The monoisotopic (exact) mass is 583 g/mol. The third-order valence-electron chi connectivity index (χ3n) is 8.89. The van der Waals surface area contributed by atoms with Gasteiger partial charge in [-0.15, -0.1) is 0 Å². The highest BCUT2D eigenvalue weighted by atomic mass is 16.5. The van der Waals surface area contributed by atoms with E-state index in [1.54, 1.807) is 10.7 Å². The Morgan fingerprint density at radius 2 is 1.65 bits per heavy atom. The molecule has 2 heterocycles. The SMILES string of the molecule is CCC(C)(C)c1ccc(OCCCCNC(=O)c2cc(-c3ccc(C)o3)nn2-c2ccc(C)cc2C)c(C(C)(C)CC)c1. The van der Waals surface area contributed by atoms with Gasteiger partial charge in [-0.1, -0.05) is 71.4 Å². The molecule has 4 aromatic rings. The number of rotatable bonds is 13. The lowest BCUT2D eigenvalue weighted by Crippen LogP contribution is -2.27. The molecule has 0 radical (unpaired) electrons. The first-order valence-electron chi connectivity index (χ1n) is 15.7. The first kappa shape index (κ1) is 32.1. The summed E-state index contributed by atoms with van der Waals surface area (Å²) in [5.74, 6) is 2.24. The molecule has 1 amide bonds. The summed E-state index contributed by atoms with van der Waals surface area (Å²) in [6.07, 6.45) is 3.76. The molecule has 0 spiro atoms. The molecule has 0 atom stereocenters. The lowest BCUT2D eigenvalue weighted by atomic mass is 9.76. The summed E-state index contributed by atoms with van der Waals surface area (Å²) in [6, 6.07) is 18.4. The van der Waals surface area contributed by atoms with Crippen LogP contribution in [-0.4, -0.2) is 28.8 Å².